The lowest BCUT2D eigenvalue weighted by Crippen LogP contribution is -2.42. The molecule has 3 aliphatic rings. The molecule has 1 saturated heterocycles. The largest absolute Gasteiger partial charge is 0.383 e. The number of sulfone groups is 1. The van der Waals surface area contributed by atoms with Gasteiger partial charge in [-0.3, -0.25) is 4.79 Å². The maximum absolute atomic E-state index is 13.3. The number of benzene rings is 1. The number of aromatic nitrogens is 1. The molecule has 0 radical (unpaired) electrons. The SMILES string of the molecule is CC(C)(O)c1nc(C2CCCCC2C(=O)NC2(C#N)CC2)c(-c2ccc(N3CCS(=O)(=O)CC3)cc2)s1. The van der Waals surface area contributed by atoms with Crippen molar-refractivity contribution in [2.45, 2.75) is 69.4 Å². The van der Waals surface area contributed by atoms with Gasteiger partial charge < -0.3 is 15.3 Å². The highest BCUT2D eigenvalue weighted by Crippen LogP contribution is 2.46. The van der Waals surface area contributed by atoms with Crippen molar-refractivity contribution in [3.05, 3.63) is 35.0 Å². The van der Waals surface area contributed by atoms with E-state index in [2.05, 4.69) is 16.3 Å². The van der Waals surface area contributed by atoms with Crippen molar-refractivity contribution >= 4 is 32.8 Å². The molecule has 1 amide bonds. The number of amides is 1. The molecule has 8 nitrogen and oxygen atoms in total. The van der Waals surface area contributed by atoms with E-state index in [4.69, 9.17) is 4.98 Å². The van der Waals surface area contributed by atoms with Crippen molar-refractivity contribution in [2.24, 2.45) is 5.92 Å². The van der Waals surface area contributed by atoms with E-state index in [0.29, 0.717) is 30.9 Å². The first-order chi connectivity index (χ1) is 17.5. The smallest absolute Gasteiger partial charge is 0.225 e. The van der Waals surface area contributed by atoms with Gasteiger partial charge in [-0.05, 0) is 57.2 Å². The highest BCUT2D eigenvalue weighted by molar-refractivity contribution is 7.91. The summed E-state index contributed by atoms with van der Waals surface area (Å²) >= 11 is 1.46. The number of anilines is 1. The van der Waals surface area contributed by atoms with Gasteiger partial charge >= 0.3 is 0 Å². The Hall–Kier alpha value is -2.48. The van der Waals surface area contributed by atoms with Gasteiger partial charge in [0.15, 0.2) is 9.84 Å². The van der Waals surface area contributed by atoms with Crippen molar-refractivity contribution in [2.75, 3.05) is 29.5 Å². The van der Waals surface area contributed by atoms with Crippen molar-refractivity contribution in [1.82, 2.24) is 10.3 Å². The maximum atomic E-state index is 13.3. The first kappa shape index (κ1) is 26.1. The van der Waals surface area contributed by atoms with Crippen LogP contribution < -0.4 is 10.2 Å². The molecule has 1 aromatic carbocycles. The predicted octanol–water partition coefficient (Wildman–Crippen LogP) is 3.72. The zero-order chi connectivity index (χ0) is 26.4. The zero-order valence-corrected chi connectivity index (χ0v) is 23.0. The number of hydrogen-bond acceptors (Lipinski definition) is 8. The fourth-order valence-electron chi connectivity index (χ4n) is 5.34. The molecule has 2 heterocycles. The van der Waals surface area contributed by atoms with Crippen LogP contribution in [0.25, 0.3) is 10.4 Å². The van der Waals surface area contributed by atoms with Gasteiger partial charge in [0.25, 0.3) is 0 Å². The van der Waals surface area contributed by atoms with Gasteiger partial charge in [-0.15, -0.1) is 11.3 Å². The Morgan fingerprint density at radius 2 is 1.84 bits per heavy atom. The monoisotopic (exact) mass is 542 g/mol. The van der Waals surface area contributed by atoms with Crippen LogP contribution in [0.5, 0.6) is 0 Å². The fourth-order valence-corrected chi connectivity index (χ4v) is 7.68. The van der Waals surface area contributed by atoms with Crippen molar-refractivity contribution < 1.29 is 18.3 Å². The minimum atomic E-state index is -2.95. The normalized spacial score (nSPS) is 24.8. The Morgan fingerprint density at radius 3 is 2.43 bits per heavy atom. The molecule has 2 saturated carbocycles. The lowest BCUT2D eigenvalue weighted by atomic mass is 9.76. The van der Waals surface area contributed by atoms with Crippen LogP contribution >= 0.6 is 11.3 Å². The molecule has 1 aliphatic heterocycles. The Balaban J connectivity index is 1.45. The Labute approximate surface area is 222 Å². The number of nitrogens with one attached hydrogen (secondary N) is 1. The standard InChI is InChI=1S/C27H34N4O4S2/c1-26(2,33)25-29-22(20-5-3-4-6-21(20)24(32)30-27(17-28)11-12-27)23(36-25)18-7-9-19(10-8-18)31-13-15-37(34,35)16-14-31/h7-10,20-21,33H,3-6,11-16H2,1-2H3,(H,30,32). The molecule has 2 N–H and O–H groups in total. The first-order valence-corrected chi connectivity index (χ1v) is 15.7. The van der Waals surface area contributed by atoms with Gasteiger partial charge in [0.1, 0.15) is 16.1 Å². The van der Waals surface area contributed by atoms with Gasteiger partial charge in [0.2, 0.25) is 5.91 Å². The van der Waals surface area contributed by atoms with Crippen LogP contribution in [0.3, 0.4) is 0 Å². The highest BCUT2D eigenvalue weighted by atomic mass is 32.2. The van der Waals surface area contributed by atoms with E-state index in [1.165, 1.54) is 11.3 Å². The van der Waals surface area contributed by atoms with E-state index in [-0.39, 0.29) is 29.2 Å². The second kappa shape index (κ2) is 9.68. The third-order valence-electron chi connectivity index (χ3n) is 7.80. The third kappa shape index (κ3) is 5.54. The molecule has 2 aliphatic carbocycles. The van der Waals surface area contributed by atoms with Gasteiger partial charge in [-0.2, -0.15) is 5.26 Å². The van der Waals surface area contributed by atoms with E-state index in [0.717, 1.165) is 47.5 Å². The summed E-state index contributed by atoms with van der Waals surface area (Å²) in [6.07, 6.45) is 4.96. The summed E-state index contributed by atoms with van der Waals surface area (Å²) in [5.74, 6) is -0.0768. The quantitative estimate of drug-likeness (QED) is 0.570. The lowest BCUT2D eigenvalue weighted by Gasteiger charge is -2.31. The molecule has 198 valence electrons. The molecule has 0 spiro atoms. The van der Waals surface area contributed by atoms with E-state index in [1.54, 1.807) is 13.8 Å². The van der Waals surface area contributed by atoms with Crippen LogP contribution in [0, 0.1) is 17.2 Å². The van der Waals surface area contributed by atoms with E-state index < -0.39 is 21.0 Å². The van der Waals surface area contributed by atoms with Crippen LogP contribution in [-0.2, 0) is 20.2 Å². The summed E-state index contributed by atoms with van der Waals surface area (Å²) in [4.78, 5) is 21.3. The van der Waals surface area contributed by atoms with E-state index >= 15 is 0 Å². The summed E-state index contributed by atoms with van der Waals surface area (Å²) in [5.41, 5.74) is 0.986. The highest BCUT2D eigenvalue weighted by Gasteiger charge is 2.47. The molecule has 0 bridgehead atoms. The van der Waals surface area contributed by atoms with Crippen LogP contribution in [0.2, 0.25) is 0 Å². The molecule has 2 atom stereocenters. The molecule has 10 heteroatoms. The summed E-state index contributed by atoms with van der Waals surface area (Å²) in [7, 11) is -2.95. The minimum absolute atomic E-state index is 0.0668. The van der Waals surface area contributed by atoms with Crippen LogP contribution in [-0.4, -0.2) is 54.5 Å². The molecule has 5 rings (SSSR count). The molecular weight excluding hydrogens is 508 g/mol. The summed E-state index contributed by atoms with van der Waals surface area (Å²) in [6, 6.07) is 10.3. The van der Waals surface area contributed by atoms with E-state index in [9.17, 15) is 23.6 Å². The molecule has 2 aromatic rings. The van der Waals surface area contributed by atoms with Crippen molar-refractivity contribution in [3.63, 3.8) is 0 Å². The zero-order valence-electron chi connectivity index (χ0n) is 21.4. The lowest BCUT2D eigenvalue weighted by molar-refractivity contribution is -0.127. The minimum Gasteiger partial charge on any atom is -0.383 e. The van der Waals surface area contributed by atoms with Gasteiger partial charge in [-0.25, -0.2) is 13.4 Å². The Bertz CT molecular complexity index is 1300. The van der Waals surface area contributed by atoms with Gasteiger partial charge in [-0.1, -0.05) is 25.0 Å². The number of carbonyl (C=O) groups is 1. The number of hydrogen-bond donors (Lipinski definition) is 2. The molecule has 37 heavy (non-hydrogen) atoms. The second-order valence-electron chi connectivity index (χ2n) is 11.2. The number of nitriles is 1. The van der Waals surface area contributed by atoms with Crippen LogP contribution in [0.1, 0.15) is 69.0 Å². The third-order valence-corrected chi connectivity index (χ3v) is 10.8. The topological polar surface area (TPSA) is 123 Å². The average molecular weight is 543 g/mol. The molecular formula is C27H34N4O4S2. The maximum Gasteiger partial charge on any atom is 0.225 e. The van der Waals surface area contributed by atoms with Crippen LogP contribution in [0.15, 0.2) is 24.3 Å². The predicted molar refractivity (Wildman–Crippen MR) is 144 cm³/mol. The Morgan fingerprint density at radius 1 is 1.19 bits per heavy atom. The number of rotatable bonds is 6. The second-order valence-corrected chi connectivity index (χ2v) is 14.5. The van der Waals surface area contributed by atoms with Gasteiger partial charge in [0.05, 0.1) is 28.1 Å². The molecule has 1 aromatic heterocycles. The number of nitrogens with zero attached hydrogens (tertiary/aromatic N) is 3. The Kier molecular flexibility index (Phi) is 6.84. The summed E-state index contributed by atoms with van der Waals surface area (Å²) in [6.45, 7) is 4.42. The number of carbonyl (C=O) groups excluding carboxylic acids is 1. The van der Waals surface area contributed by atoms with E-state index in [1.807, 2.05) is 24.3 Å². The van der Waals surface area contributed by atoms with Crippen LogP contribution in [0.4, 0.5) is 5.69 Å². The molecule has 3 fully saturated rings. The van der Waals surface area contributed by atoms with Crippen molar-refractivity contribution in [3.8, 4) is 16.5 Å². The average Bonchev–Trinajstić information content (AvgIpc) is 3.49. The number of aliphatic hydroxyl groups is 1. The fraction of sp³-hybridized carbons (Fsp3) is 0.593. The first-order valence-electron chi connectivity index (χ1n) is 13.0. The number of thiazole rings is 1. The summed E-state index contributed by atoms with van der Waals surface area (Å²) in [5, 5.41) is 23.9. The van der Waals surface area contributed by atoms with Crippen molar-refractivity contribution in [1.29, 1.82) is 5.26 Å². The van der Waals surface area contributed by atoms with Gasteiger partial charge in [0, 0.05) is 30.6 Å². The summed E-state index contributed by atoms with van der Waals surface area (Å²) < 4.78 is 23.6. The molecule has 2 unspecified atom stereocenters.